The second kappa shape index (κ2) is 7.08. The second-order valence-corrected chi connectivity index (χ2v) is 7.49. The first kappa shape index (κ1) is 17.0. The number of nitrogens with one attached hydrogen (secondary N) is 1. The van der Waals surface area contributed by atoms with Crippen LogP contribution >= 0.6 is 33.9 Å². The van der Waals surface area contributed by atoms with Gasteiger partial charge in [-0.1, -0.05) is 24.3 Å². The molecule has 2 aromatic heterocycles. The van der Waals surface area contributed by atoms with Crippen molar-refractivity contribution in [3.05, 3.63) is 67.9 Å². The average molecular weight is 476 g/mol. The normalized spacial score (nSPS) is 10.8. The van der Waals surface area contributed by atoms with Crippen molar-refractivity contribution >= 4 is 55.7 Å². The van der Waals surface area contributed by atoms with E-state index in [0.29, 0.717) is 27.7 Å². The minimum Gasteiger partial charge on any atom is -0.493 e. The summed E-state index contributed by atoms with van der Waals surface area (Å²) in [5, 5.41) is 6.64. The molecule has 0 spiro atoms. The number of aromatic nitrogens is 1. The number of fused-ring (bicyclic) bond motifs is 1. The Kier molecular flexibility index (Phi) is 4.64. The number of rotatable bonds is 4. The first-order valence-corrected chi connectivity index (χ1v) is 9.70. The van der Waals surface area contributed by atoms with Crippen molar-refractivity contribution in [2.24, 2.45) is 0 Å². The van der Waals surface area contributed by atoms with Gasteiger partial charge in [0.05, 0.1) is 24.1 Å². The molecule has 0 fully saturated rings. The Bertz CT molecular complexity index is 1150. The first-order valence-electron chi connectivity index (χ1n) is 7.74. The molecule has 0 radical (unpaired) electrons. The molecule has 1 N–H and O–H groups in total. The highest BCUT2D eigenvalue weighted by Crippen LogP contribution is 2.30. The fourth-order valence-corrected chi connectivity index (χ4v) is 3.83. The molecule has 0 bridgehead atoms. The summed E-state index contributed by atoms with van der Waals surface area (Å²) in [6.45, 7) is 0. The zero-order chi connectivity index (χ0) is 18.1. The van der Waals surface area contributed by atoms with Crippen LogP contribution in [-0.4, -0.2) is 12.1 Å². The summed E-state index contributed by atoms with van der Waals surface area (Å²) >= 11 is 3.70. The number of methoxy groups -OCH3 is 1. The van der Waals surface area contributed by atoms with Gasteiger partial charge in [0, 0.05) is 14.3 Å². The number of anilines is 2. The number of halogens is 1. The Labute approximate surface area is 166 Å². The third-order valence-electron chi connectivity index (χ3n) is 3.84. The predicted octanol–water partition coefficient (Wildman–Crippen LogP) is 5.27. The molecule has 0 atom stereocenters. The van der Waals surface area contributed by atoms with Gasteiger partial charge in [0.1, 0.15) is 0 Å². The molecule has 0 aliphatic carbocycles. The highest BCUT2D eigenvalue weighted by molar-refractivity contribution is 14.1. The van der Waals surface area contributed by atoms with Crippen molar-refractivity contribution in [2.45, 2.75) is 0 Å². The lowest BCUT2D eigenvalue weighted by molar-refractivity contribution is 0.407. The standard InChI is InChI=1S/C19H13IN2O3S/c1-24-16-8-4-5-11-9-12(18(23)25-17(11)16)15-10-26-19(22-15)21-14-7-3-2-6-13(14)20/h2-10H,1H3,(H,21,22). The molecule has 0 saturated carbocycles. The Morgan fingerprint density at radius 3 is 2.85 bits per heavy atom. The van der Waals surface area contributed by atoms with Gasteiger partial charge in [0.15, 0.2) is 16.5 Å². The SMILES string of the molecule is COc1cccc2cc(-c3csc(Nc4ccccc4I)n3)c(=O)oc12. The maximum absolute atomic E-state index is 12.4. The van der Waals surface area contributed by atoms with E-state index in [1.807, 2.05) is 41.8 Å². The average Bonchev–Trinajstić information content (AvgIpc) is 3.11. The first-order chi connectivity index (χ1) is 12.7. The summed E-state index contributed by atoms with van der Waals surface area (Å²) in [6, 6.07) is 15.2. The van der Waals surface area contributed by atoms with Crippen LogP contribution in [0, 0.1) is 3.57 Å². The molecular formula is C19H13IN2O3S. The number of thiazole rings is 1. The zero-order valence-corrected chi connectivity index (χ0v) is 16.6. The second-order valence-electron chi connectivity index (χ2n) is 5.47. The van der Waals surface area contributed by atoms with Gasteiger partial charge < -0.3 is 14.5 Å². The van der Waals surface area contributed by atoms with Crippen molar-refractivity contribution in [2.75, 3.05) is 12.4 Å². The van der Waals surface area contributed by atoms with E-state index in [2.05, 4.69) is 32.9 Å². The van der Waals surface area contributed by atoms with Crippen molar-refractivity contribution in [1.29, 1.82) is 0 Å². The largest absolute Gasteiger partial charge is 0.493 e. The van der Waals surface area contributed by atoms with E-state index in [1.165, 1.54) is 11.3 Å². The van der Waals surface area contributed by atoms with Gasteiger partial charge in [-0.2, -0.15) is 0 Å². The molecule has 5 nitrogen and oxygen atoms in total. The third kappa shape index (κ3) is 3.19. The molecule has 26 heavy (non-hydrogen) atoms. The summed E-state index contributed by atoms with van der Waals surface area (Å²) in [5.41, 5.74) is 1.99. The molecule has 0 aliphatic rings. The molecule has 0 unspecified atom stereocenters. The molecular weight excluding hydrogens is 463 g/mol. The molecule has 0 aliphatic heterocycles. The Morgan fingerprint density at radius 1 is 1.19 bits per heavy atom. The van der Waals surface area contributed by atoms with Crippen LogP contribution in [-0.2, 0) is 0 Å². The van der Waals surface area contributed by atoms with Crippen LogP contribution in [0.25, 0.3) is 22.2 Å². The van der Waals surface area contributed by atoms with E-state index in [-0.39, 0.29) is 0 Å². The predicted molar refractivity (Wildman–Crippen MR) is 113 cm³/mol. The quantitative estimate of drug-likeness (QED) is 0.321. The molecule has 0 saturated heterocycles. The fraction of sp³-hybridized carbons (Fsp3) is 0.0526. The van der Waals surface area contributed by atoms with E-state index < -0.39 is 5.63 Å². The number of hydrogen-bond acceptors (Lipinski definition) is 6. The minimum atomic E-state index is -0.437. The topological polar surface area (TPSA) is 64.4 Å². The third-order valence-corrected chi connectivity index (χ3v) is 5.54. The highest BCUT2D eigenvalue weighted by atomic mass is 127. The van der Waals surface area contributed by atoms with Crippen molar-refractivity contribution in [3.63, 3.8) is 0 Å². The van der Waals surface area contributed by atoms with Crippen LogP contribution in [0.2, 0.25) is 0 Å². The minimum absolute atomic E-state index is 0.429. The van der Waals surface area contributed by atoms with Crippen LogP contribution < -0.4 is 15.7 Å². The summed E-state index contributed by atoms with van der Waals surface area (Å²) in [6.07, 6.45) is 0. The summed E-state index contributed by atoms with van der Waals surface area (Å²) in [7, 11) is 1.55. The van der Waals surface area contributed by atoms with Crippen LogP contribution in [0.1, 0.15) is 0 Å². The van der Waals surface area contributed by atoms with Gasteiger partial charge in [0.25, 0.3) is 0 Å². The molecule has 4 rings (SSSR count). The van der Waals surface area contributed by atoms with E-state index in [4.69, 9.17) is 9.15 Å². The Hall–Kier alpha value is -2.39. The van der Waals surface area contributed by atoms with Gasteiger partial charge in [-0.15, -0.1) is 11.3 Å². The Morgan fingerprint density at radius 2 is 2.04 bits per heavy atom. The maximum atomic E-state index is 12.4. The molecule has 2 aromatic carbocycles. The Balaban J connectivity index is 1.73. The number of para-hydroxylation sites is 2. The molecule has 7 heteroatoms. The molecule has 0 amide bonds. The van der Waals surface area contributed by atoms with E-state index in [9.17, 15) is 4.79 Å². The number of benzene rings is 2. The van der Waals surface area contributed by atoms with Crippen molar-refractivity contribution in [1.82, 2.24) is 4.98 Å². The fourth-order valence-electron chi connectivity index (χ4n) is 2.59. The smallest absolute Gasteiger partial charge is 0.345 e. The zero-order valence-electron chi connectivity index (χ0n) is 13.7. The molecule has 4 aromatic rings. The summed E-state index contributed by atoms with van der Waals surface area (Å²) in [5.74, 6) is 0.533. The highest BCUT2D eigenvalue weighted by Gasteiger charge is 2.14. The van der Waals surface area contributed by atoms with Crippen LogP contribution in [0.15, 0.2) is 63.1 Å². The van der Waals surface area contributed by atoms with Crippen molar-refractivity contribution < 1.29 is 9.15 Å². The lowest BCUT2D eigenvalue weighted by atomic mass is 10.1. The van der Waals surface area contributed by atoms with E-state index in [1.54, 1.807) is 19.2 Å². The van der Waals surface area contributed by atoms with Gasteiger partial charge in [-0.05, 0) is 46.9 Å². The van der Waals surface area contributed by atoms with Crippen LogP contribution in [0.3, 0.4) is 0 Å². The molecule has 130 valence electrons. The van der Waals surface area contributed by atoms with Crippen molar-refractivity contribution in [3.8, 4) is 17.0 Å². The maximum Gasteiger partial charge on any atom is 0.345 e. The number of ether oxygens (including phenoxy) is 1. The lowest BCUT2D eigenvalue weighted by Gasteiger charge is -2.05. The summed E-state index contributed by atoms with van der Waals surface area (Å²) in [4.78, 5) is 17.0. The number of nitrogens with zero attached hydrogens (tertiary/aromatic N) is 1. The number of hydrogen-bond donors (Lipinski definition) is 1. The van der Waals surface area contributed by atoms with Gasteiger partial charge >= 0.3 is 5.63 Å². The lowest BCUT2D eigenvalue weighted by Crippen LogP contribution is -2.03. The monoisotopic (exact) mass is 476 g/mol. The van der Waals surface area contributed by atoms with Crippen LogP contribution in [0.4, 0.5) is 10.8 Å². The molecule has 2 heterocycles. The summed E-state index contributed by atoms with van der Waals surface area (Å²) < 4.78 is 11.8. The van der Waals surface area contributed by atoms with E-state index >= 15 is 0 Å². The van der Waals surface area contributed by atoms with Gasteiger partial charge in [0.2, 0.25) is 0 Å². The van der Waals surface area contributed by atoms with E-state index in [0.717, 1.165) is 14.6 Å². The van der Waals surface area contributed by atoms with Crippen LogP contribution in [0.5, 0.6) is 5.75 Å². The van der Waals surface area contributed by atoms with Gasteiger partial charge in [-0.25, -0.2) is 9.78 Å². The van der Waals surface area contributed by atoms with Gasteiger partial charge in [-0.3, -0.25) is 0 Å².